The van der Waals surface area contributed by atoms with Gasteiger partial charge in [-0.15, -0.1) is 0 Å². The summed E-state index contributed by atoms with van der Waals surface area (Å²) in [6.07, 6.45) is 1.41. The SMILES string of the molecule is CC(C)(C)OC(=O)N1CCC(c2cccc(OCc3ccc(Cl)c4cc(Cl)oc34)n2)CC1. The maximum atomic E-state index is 12.3. The van der Waals surface area contributed by atoms with E-state index in [0.29, 0.717) is 29.6 Å². The van der Waals surface area contributed by atoms with Crippen LogP contribution >= 0.6 is 23.2 Å². The number of pyridine rings is 1. The average Bonchev–Trinajstić information content (AvgIpc) is 3.15. The number of carbonyl (C=O) groups excluding carboxylic acids is 1. The van der Waals surface area contributed by atoms with Crippen molar-refractivity contribution in [1.29, 1.82) is 0 Å². The van der Waals surface area contributed by atoms with Crippen molar-refractivity contribution in [2.24, 2.45) is 0 Å². The zero-order valence-electron chi connectivity index (χ0n) is 18.4. The van der Waals surface area contributed by atoms with Crippen LogP contribution in [0.3, 0.4) is 0 Å². The molecule has 1 amide bonds. The summed E-state index contributed by atoms with van der Waals surface area (Å²) in [4.78, 5) is 18.8. The summed E-state index contributed by atoms with van der Waals surface area (Å²) >= 11 is 12.2. The van der Waals surface area contributed by atoms with Gasteiger partial charge in [0.1, 0.15) is 17.8 Å². The molecule has 0 saturated carbocycles. The van der Waals surface area contributed by atoms with Crippen LogP contribution in [0.5, 0.6) is 5.88 Å². The van der Waals surface area contributed by atoms with Crippen molar-refractivity contribution in [2.75, 3.05) is 13.1 Å². The lowest BCUT2D eigenvalue weighted by molar-refractivity contribution is 0.0204. The molecular weight excluding hydrogens is 451 g/mol. The van der Waals surface area contributed by atoms with E-state index >= 15 is 0 Å². The van der Waals surface area contributed by atoms with E-state index in [1.54, 1.807) is 17.0 Å². The first-order chi connectivity index (χ1) is 15.2. The molecule has 0 atom stereocenters. The summed E-state index contributed by atoms with van der Waals surface area (Å²) in [5, 5.41) is 1.63. The van der Waals surface area contributed by atoms with Gasteiger partial charge in [0.05, 0.1) is 5.02 Å². The zero-order valence-corrected chi connectivity index (χ0v) is 19.9. The molecule has 1 fully saturated rings. The maximum Gasteiger partial charge on any atom is 0.410 e. The Kier molecular flexibility index (Phi) is 6.54. The lowest BCUT2D eigenvalue weighted by Gasteiger charge is -2.33. The monoisotopic (exact) mass is 476 g/mol. The summed E-state index contributed by atoms with van der Waals surface area (Å²) in [5.74, 6) is 0.807. The minimum atomic E-state index is -0.488. The van der Waals surface area contributed by atoms with Crippen LogP contribution in [0, 0.1) is 0 Å². The van der Waals surface area contributed by atoms with Crippen molar-refractivity contribution in [3.63, 3.8) is 0 Å². The van der Waals surface area contributed by atoms with Crippen molar-refractivity contribution in [1.82, 2.24) is 9.88 Å². The number of amides is 1. The third-order valence-corrected chi connectivity index (χ3v) is 5.88. The van der Waals surface area contributed by atoms with Crippen LogP contribution in [-0.4, -0.2) is 34.7 Å². The number of benzene rings is 1. The summed E-state index contributed by atoms with van der Waals surface area (Å²) in [5.41, 5.74) is 1.94. The van der Waals surface area contributed by atoms with Gasteiger partial charge in [-0.3, -0.25) is 0 Å². The van der Waals surface area contributed by atoms with Gasteiger partial charge >= 0.3 is 6.09 Å². The highest BCUT2D eigenvalue weighted by Crippen LogP contribution is 2.33. The van der Waals surface area contributed by atoms with Gasteiger partial charge in [-0.25, -0.2) is 9.78 Å². The number of nitrogens with zero attached hydrogens (tertiary/aromatic N) is 2. The fraction of sp³-hybridized carbons (Fsp3) is 0.417. The molecule has 0 N–H and O–H groups in total. The molecular formula is C24H26Cl2N2O4. The Morgan fingerprint density at radius 3 is 2.66 bits per heavy atom. The van der Waals surface area contributed by atoms with E-state index in [-0.39, 0.29) is 23.8 Å². The smallest absolute Gasteiger partial charge is 0.410 e. The molecule has 4 rings (SSSR count). The molecule has 3 heterocycles. The molecule has 0 unspecified atom stereocenters. The molecule has 0 radical (unpaired) electrons. The van der Waals surface area contributed by atoms with E-state index in [4.69, 9.17) is 42.1 Å². The van der Waals surface area contributed by atoms with E-state index in [0.717, 1.165) is 29.5 Å². The number of furan rings is 1. The van der Waals surface area contributed by atoms with Crippen LogP contribution in [0.2, 0.25) is 10.2 Å². The lowest BCUT2D eigenvalue weighted by atomic mass is 9.93. The highest BCUT2D eigenvalue weighted by Gasteiger charge is 2.28. The first-order valence-corrected chi connectivity index (χ1v) is 11.4. The van der Waals surface area contributed by atoms with Crippen LogP contribution in [0.1, 0.15) is 50.8 Å². The molecule has 0 spiro atoms. The van der Waals surface area contributed by atoms with Crippen molar-refractivity contribution >= 4 is 40.3 Å². The van der Waals surface area contributed by atoms with E-state index in [2.05, 4.69) is 0 Å². The lowest BCUT2D eigenvalue weighted by Crippen LogP contribution is -2.41. The fourth-order valence-electron chi connectivity index (χ4n) is 3.80. The number of carbonyl (C=O) groups is 1. The van der Waals surface area contributed by atoms with Crippen LogP contribution < -0.4 is 4.74 Å². The molecule has 32 heavy (non-hydrogen) atoms. The fourth-order valence-corrected chi connectivity index (χ4v) is 4.19. The highest BCUT2D eigenvalue weighted by molar-refractivity contribution is 6.36. The summed E-state index contributed by atoms with van der Waals surface area (Å²) < 4.78 is 17.0. The molecule has 1 saturated heterocycles. The quantitative estimate of drug-likeness (QED) is 0.412. The van der Waals surface area contributed by atoms with E-state index in [1.807, 2.05) is 45.0 Å². The summed E-state index contributed by atoms with van der Waals surface area (Å²) in [7, 11) is 0. The number of hydrogen-bond donors (Lipinski definition) is 0. The van der Waals surface area contributed by atoms with Crippen LogP contribution in [0.4, 0.5) is 4.79 Å². The Morgan fingerprint density at radius 1 is 1.19 bits per heavy atom. The Labute approximate surface area is 197 Å². The summed E-state index contributed by atoms with van der Waals surface area (Å²) in [6.45, 7) is 7.21. The van der Waals surface area contributed by atoms with Crippen molar-refractivity contribution < 1.29 is 18.7 Å². The van der Waals surface area contributed by atoms with Gasteiger partial charge in [0.15, 0.2) is 5.22 Å². The van der Waals surface area contributed by atoms with Crippen molar-refractivity contribution in [3.05, 3.63) is 57.9 Å². The topological polar surface area (TPSA) is 64.8 Å². The number of piperidine rings is 1. The van der Waals surface area contributed by atoms with Gasteiger partial charge in [-0.05, 0) is 57.3 Å². The Hall–Kier alpha value is -2.44. The molecule has 0 aliphatic carbocycles. The average molecular weight is 477 g/mol. The van der Waals surface area contributed by atoms with Crippen molar-refractivity contribution in [3.8, 4) is 5.88 Å². The minimum absolute atomic E-state index is 0.256. The Morgan fingerprint density at radius 2 is 1.94 bits per heavy atom. The largest absolute Gasteiger partial charge is 0.473 e. The second kappa shape index (κ2) is 9.20. The molecule has 8 heteroatoms. The molecule has 1 aliphatic heterocycles. The van der Waals surface area contributed by atoms with Gasteiger partial charge < -0.3 is 18.8 Å². The third-order valence-electron chi connectivity index (χ3n) is 5.37. The molecule has 3 aromatic rings. The molecule has 1 aliphatic rings. The van der Waals surface area contributed by atoms with E-state index in [9.17, 15) is 4.79 Å². The van der Waals surface area contributed by atoms with Crippen LogP contribution in [0.25, 0.3) is 11.0 Å². The molecule has 170 valence electrons. The highest BCUT2D eigenvalue weighted by atomic mass is 35.5. The number of halogens is 2. The van der Waals surface area contributed by atoms with Gasteiger partial charge in [0.25, 0.3) is 0 Å². The number of hydrogen-bond acceptors (Lipinski definition) is 5. The van der Waals surface area contributed by atoms with Gasteiger partial charge in [0.2, 0.25) is 5.88 Å². The number of aromatic nitrogens is 1. The number of ether oxygens (including phenoxy) is 2. The molecule has 2 aromatic heterocycles. The normalized spacial score (nSPS) is 15.2. The number of fused-ring (bicyclic) bond motifs is 1. The van der Waals surface area contributed by atoms with Crippen LogP contribution in [-0.2, 0) is 11.3 Å². The number of rotatable bonds is 4. The van der Waals surface area contributed by atoms with Gasteiger partial charge in [0, 0.05) is 47.8 Å². The second-order valence-corrected chi connectivity index (χ2v) is 9.71. The van der Waals surface area contributed by atoms with E-state index in [1.165, 1.54) is 0 Å². The predicted octanol–water partition coefficient (Wildman–Crippen LogP) is 6.83. The standard InChI is InChI=1S/C24H26Cl2N2O4/c1-24(2,3)32-23(29)28-11-9-15(10-12-28)19-5-4-6-21(27-19)30-14-16-7-8-18(25)17-13-20(26)31-22(16)17/h4-8,13,15H,9-12,14H2,1-3H3. The van der Waals surface area contributed by atoms with Gasteiger partial charge in [-0.1, -0.05) is 23.7 Å². The second-order valence-electron chi connectivity index (χ2n) is 8.93. The third kappa shape index (κ3) is 5.30. The minimum Gasteiger partial charge on any atom is -0.473 e. The van der Waals surface area contributed by atoms with E-state index < -0.39 is 5.60 Å². The Balaban J connectivity index is 1.39. The van der Waals surface area contributed by atoms with Gasteiger partial charge in [-0.2, -0.15) is 0 Å². The van der Waals surface area contributed by atoms with Crippen molar-refractivity contribution in [2.45, 2.75) is 51.7 Å². The predicted molar refractivity (Wildman–Crippen MR) is 125 cm³/mol. The van der Waals surface area contributed by atoms with Crippen LogP contribution in [0.15, 0.2) is 40.8 Å². The molecule has 1 aromatic carbocycles. The maximum absolute atomic E-state index is 12.3. The summed E-state index contributed by atoms with van der Waals surface area (Å²) in [6, 6.07) is 11.1. The zero-order chi connectivity index (χ0) is 22.9. The molecule has 6 nitrogen and oxygen atoms in total. The Bertz CT molecular complexity index is 1110. The first-order valence-electron chi connectivity index (χ1n) is 10.6. The number of likely N-dealkylation sites (tertiary alicyclic amines) is 1. The first kappa shape index (κ1) is 22.7. The molecule has 0 bridgehead atoms.